The molecule has 6 nitrogen and oxygen atoms in total. The van der Waals surface area contributed by atoms with Crippen LogP contribution in [0.5, 0.6) is 0 Å². The zero-order chi connectivity index (χ0) is 16.4. The van der Waals surface area contributed by atoms with Crippen molar-refractivity contribution in [2.45, 2.75) is 31.2 Å². The molecule has 1 aliphatic heterocycles. The van der Waals surface area contributed by atoms with Crippen molar-refractivity contribution in [2.75, 3.05) is 13.1 Å². The minimum Gasteiger partial charge on any atom is -0.480 e. The van der Waals surface area contributed by atoms with E-state index in [1.54, 1.807) is 17.0 Å². The van der Waals surface area contributed by atoms with Crippen LogP contribution in [0.4, 0.5) is 0 Å². The topological polar surface area (TPSA) is 86.7 Å². The van der Waals surface area contributed by atoms with Crippen molar-refractivity contribution in [3.8, 4) is 0 Å². The molecule has 2 N–H and O–H groups in total. The molecule has 1 aliphatic carbocycles. The third-order valence-electron chi connectivity index (χ3n) is 4.62. The zero-order valence-electron chi connectivity index (χ0n) is 12.8. The summed E-state index contributed by atoms with van der Waals surface area (Å²) in [4.78, 5) is 37.7. The van der Waals surface area contributed by atoms with Crippen LogP contribution in [-0.4, -0.2) is 46.4 Å². The summed E-state index contributed by atoms with van der Waals surface area (Å²) in [5, 5.41) is 11.8. The van der Waals surface area contributed by atoms with Gasteiger partial charge in [0.1, 0.15) is 5.54 Å². The Labute approximate surface area is 134 Å². The van der Waals surface area contributed by atoms with Crippen LogP contribution < -0.4 is 5.32 Å². The van der Waals surface area contributed by atoms with Gasteiger partial charge in [-0.3, -0.25) is 9.59 Å². The molecule has 1 unspecified atom stereocenters. The molecule has 2 aliphatic rings. The van der Waals surface area contributed by atoms with Crippen molar-refractivity contribution in [2.24, 2.45) is 5.92 Å². The quantitative estimate of drug-likeness (QED) is 0.876. The van der Waals surface area contributed by atoms with E-state index in [4.69, 9.17) is 5.11 Å². The van der Waals surface area contributed by atoms with Gasteiger partial charge in [-0.05, 0) is 37.8 Å². The number of aliphatic carboxylic acids is 1. The molecule has 0 spiro atoms. The highest BCUT2D eigenvalue weighted by atomic mass is 16.4. The van der Waals surface area contributed by atoms with Crippen LogP contribution in [0.25, 0.3) is 0 Å². The van der Waals surface area contributed by atoms with E-state index in [0.717, 1.165) is 6.42 Å². The second kappa shape index (κ2) is 6.02. The lowest BCUT2D eigenvalue weighted by Crippen LogP contribution is -2.50. The molecule has 1 heterocycles. The van der Waals surface area contributed by atoms with E-state index in [1.807, 2.05) is 18.2 Å². The number of hydrogen-bond acceptors (Lipinski definition) is 3. The minimum absolute atomic E-state index is 0.0810. The Bertz CT molecular complexity index is 625. The largest absolute Gasteiger partial charge is 0.480 e. The maximum absolute atomic E-state index is 12.5. The summed E-state index contributed by atoms with van der Waals surface area (Å²) >= 11 is 0. The summed E-state index contributed by atoms with van der Waals surface area (Å²) in [6, 6.07) is 8.99. The molecule has 1 atom stereocenters. The smallest absolute Gasteiger partial charge is 0.329 e. The van der Waals surface area contributed by atoms with Gasteiger partial charge in [-0.1, -0.05) is 18.2 Å². The van der Waals surface area contributed by atoms with Gasteiger partial charge in [0.2, 0.25) is 5.91 Å². The van der Waals surface area contributed by atoms with Gasteiger partial charge in [-0.25, -0.2) is 4.79 Å². The van der Waals surface area contributed by atoms with Gasteiger partial charge in [-0.2, -0.15) is 0 Å². The highest BCUT2D eigenvalue weighted by Crippen LogP contribution is 2.36. The second-order valence-corrected chi connectivity index (χ2v) is 6.33. The van der Waals surface area contributed by atoms with Gasteiger partial charge in [-0.15, -0.1) is 0 Å². The lowest BCUT2D eigenvalue weighted by atomic mass is 9.96. The first kappa shape index (κ1) is 15.5. The predicted octanol–water partition coefficient (Wildman–Crippen LogP) is 1.27. The molecule has 2 fully saturated rings. The number of carboxylic acid groups (broad SMARTS) is 1. The number of amides is 2. The number of piperidine rings is 1. The lowest BCUT2D eigenvalue weighted by molar-refractivity contribution is -0.144. The van der Waals surface area contributed by atoms with Gasteiger partial charge in [0, 0.05) is 18.7 Å². The van der Waals surface area contributed by atoms with Crippen LogP contribution in [0.2, 0.25) is 0 Å². The first-order chi connectivity index (χ1) is 11.0. The van der Waals surface area contributed by atoms with E-state index in [0.29, 0.717) is 37.9 Å². The van der Waals surface area contributed by atoms with Crippen molar-refractivity contribution in [1.29, 1.82) is 0 Å². The Balaban J connectivity index is 1.63. The Kier molecular flexibility index (Phi) is 4.07. The van der Waals surface area contributed by atoms with Crippen LogP contribution >= 0.6 is 0 Å². The highest BCUT2D eigenvalue weighted by molar-refractivity contribution is 5.95. The minimum atomic E-state index is -1.07. The fourth-order valence-corrected chi connectivity index (χ4v) is 2.99. The summed E-state index contributed by atoms with van der Waals surface area (Å²) < 4.78 is 0. The standard InChI is InChI=1S/C17H20N2O4/c20-14(18-17(8-9-17)16(22)23)13-7-4-10-19(11-13)15(21)12-5-2-1-3-6-12/h1-3,5-6,13H,4,7-11H2,(H,18,20)(H,22,23). The van der Waals surface area contributed by atoms with Crippen molar-refractivity contribution >= 4 is 17.8 Å². The number of carbonyl (C=O) groups excluding carboxylic acids is 2. The number of nitrogens with zero attached hydrogens (tertiary/aromatic N) is 1. The molecule has 3 rings (SSSR count). The van der Waals surface area contributed by atoms with Crippen LogP contribution in [0.1, 0.15) is 36.0 Å². The molecule has 0 aromatic heterocycles. The van der Waals surface area contributed by atoms with E-state index in [9.17, 15) is 14.4 Å². The van der Waals surface area contributed by atoms with E-state index >= 15 is 0 Å². The molecule has 1 saturated heterocycles. The van der Waals surface area contributed by atoms with Crippen molar-refractivity contribution < 1.29 is 19.5 Å². The molecule has 0 bridgehead atoms. The van der Waals surface area contributed by atoms with Crippen LogP contribution in [-0.2, 0) is 9.59 Å². The van der Waals surface area contributed by atoms with Crippen molar-refractivity contribution in [3.05, 3.63) is 35.9 Å². The normalized spacial score (nSPS) is 22.3. The van der Waals surface area contributed by atoms with Crippen LogP contribution in [0.3, 0.4) is 0 Å². The van der Waals surface area contributed by atoms with Gasteiger partial charge in [0.05, 0.1) is 5.92 Å². The highest BCUT2D eigenvalue weighted by Gasteiger charge is 2.52. The van der Waals surface area contributed by atoms with Crippen molar-refractivity contribution in [3.63, 3.8) is 0 Å². The third kappa shape index (κ3) is 3.21. The second-order valence-electron chi connectivity index (χ2n) is 6.33. The number of nitrogens with one attached hydrogen (secondary N) is 1. The molecular weight excluding hydrogens is 296 g/mol. The molecule has 1 aromatic carbocycles. The number of rotatable bonds is 4. The number of hydrogen-bond donors (Lipinski definition) is 2. The van der Waals surface area contributed by atoms with E-state index in [2.05, 4.69) is 5.32 Å². The Morgan fingerprint density at radius 3 is 2.48 bits per heavy atom. The SMILES string of the molecule is O=C(NC1(C(=O)O)CC1)C1CCCN(C(=O)c2ccccc2)C1. The molecule has 23 heavy (non-hydrogen) atoms. The molecule has 1 aromatic rings. The molecule has 122 valence electrons. The molecule has 1 saturated carbocycles. The van der Waals surface area contributed by atoms with E-state index in [1.165, 1.54) is 0 Å². The monoisotopic (exact) mass is 316 g/mol. The summed E-state index contributed by atoms with van der Waals surface area (Å²) in [6.07, 6.45) is 2.39. The first-order valence-corrected chi connectivity index (χ1v) is 7.92. The average molecular weight is 316 g/mol. The molecule has 6 heteroatoms. The Hall–Kier alpha value is -2.37. The van der Waals surface area contributed by atoms with Crippen molar-refractivity contribution in [1.82, 2.24) is 10.2 Å². The van der Waals surface area contributed by atoms with Crippen LogP contribution in [0.15, 0.2) is 30.3 Å². The van der Waals surface area contributed by atoms with E-state index in [-0.39, 0.29) is 17.7 Å². The average Bonchev–Trinajstić information content (AvgIpc) is 3.36. The summed E-state index contributed by atoms with van der Waals surface area (Å²) in [5.41, 5.74) is -0.458. The molecule has 0 radical (unpaired) electrons. The molecule has 2 amide bonds. The maximum Gasteiger partial charge on any atom is 0.329 e. The van der Waals surface area contributed by atoms with Crippen LogP contribution in [0, 0.1) is 5.92 Å². The summed E-state index contributed by atoms with van der Waals surface area (Å²) in [5.74, 6) is -1.65. The first-order valence-electron chi connectivity index (χ1n) is 7.92. The van der Waals surface area contributed by atoms with Gasteiger partial charge >= 0.3 is 5.97 Å². The fourth-order valence-electron chi connectivity index (χ4n) is 2.99. The van der Waals surface area contributed by atoms with Gasteiger partial charge in [0.25, 0.3) is 5.91 Å². The van der Waals surface area contributed by atoms with Gasteiger partial charge in [0.15, 0.2) is 0 Å². The van der Waals surface area contributed by atoms with E-state index < -0.39 is 11.5 Å². The molecular formula is C17H20N2O4. The predicted molar refractivity (Wildman–Crippen MR) is 82.8 cm³/mol. The Morgan fingerprint density at radius 1 is 1.17 bits per heavy atom. The Morgan fingerprint density at radius 2 is 1.87 bits per heavy atom. The maximum atomic E-state index is 12.5. The number of likely N-dealkylation sites (tertiary alicyclic amines) is 1. The number of carbonyl (C=O) groups is 3. The summed E-state index contributed by atoms with van der Waals surface area (Å²) in [7, 11) is 0. The number of benzene rings is 1. The fraction of sp³-hybridized carbons (Fsp3) is 0.471. The lowest BCUT2D eigenvalue weighted by Gasteiger charge is -2.32. The van der Waals surface area contributed by atoms with Gasteiger partial charge < -0.3 is 15.3 Å². The third-order valence-corrected chi connectivity index (χ3v) is 4.62. The zero-order valence-corrected chi connectivity index (χ0v) is 12.8. The summed E-state index contributed by atoms with van der Waals surface area (Å²) in [6.45, 7) is 0.969. The number of carboxylic acids is 1.